The molecular weight excluding hydrogens is 1350 g/mol. The second-order valence-corrected chi connectivity index (χ2v) is 30.5. The molecule has 0 aromatic heterocycles. The van der Waals surface area contributed by atoms with Crippen LogP contribution in [0.3, 0.4) is 0 Å². The Morgan fingerprint density at radius 1 is 0.284 bits per heavy atom. The van der Waals surface area contributed by atoms with Crippen molar-refractivity contribution in [1.82, 2.24) is 0 Å². The van der Waals surface area contributed by atoms with E-state index in [-0.39, 0.29) is 84.8 Å². The van der Waals surface area contributed by atoms with E-state index >= 15 is 0 Å². The number of aliphatic hydroxyl groups excluding tert-OH is 1. The number of hydrogen-bond acceptors (Lipinski definition) is 17. The molecule has 0 aliphatic rings. The van der Waals surface area contributed by atoms with Crippen LogP contribution in [0.5, 0.6) is 0 Å². The summed E-state index contributed by atoms with van der Waals surface area (Å²) >= 11 is 0. The van der Waals surface area contributed by atoms with E-state index in [0.29, 0.717) is 25.7 Å². The zero-order valence-electron chi connectivity index (χ0n) is 66.1. The van der Waals surface area contributed by atoms with Crippen molar-refractivity contribution in [2.45, 2.75) is 406 Å². The van der Waals surface area contributed by atoms with E-state index in [0.717, 1.165) is 154 Å². The quantitative estimate of drug-likeness (QED) is 0.0149. The zero-order valence-corrected chi connectivity index (χ0v) is 71.9. The number of esters is 4. The Kier molecular flexibility index (Phi) is 83.5. The van der Waals surface area contributed by atoms with Gasteiger partial charge in [-0.25, -0.2) is 0 Å². The van der Waals surface area contributed by atoms with Gasteiger partial charge in [-0.1, -0.05) is 282 Å². The summed E-state index contributed by atoms with van der Waals surface area (Å²) in [6.45, 7) is 4.50. The van der Waals surface area contributed by atoms with Gasteiger partial charge in [0.15, 0.2) is 12.2 Å². The monoisotopic (exact) mass is 1500 g/mol. The predicted octanol–water partition coefficient (Wildman–Crippen LogP) is 16.4. The molecule has 0 radical (unpaired) electrons. The number of allylic oxidation sites excluding steroid dienone is 8. The first kappa shape index (κ1) is 105. The number of ether oxygens (including phenoxy) is 4. The molecule has 4 atom stereocenters. The van der Waals surface area contributed by atoms with Crippen LogP contribution in [0.2, 0.25) is 0 Å². The predicted molar refractivity (Wildman–Crippen MR) is 405 cm³/mol. The van der Waals surface area contributed by atoms with E-state index < -0.39 is 97.5 Å². The fraction of sp³-hybridized carbons (Fsp3) is 0.852. The summed E-state index contributed by atoms with van der Waals surface area (Å²) in [6, 6.07) is 0. The van der Waals surface area contributed by atoms with Gasteiger partial charge in [0.05, 0.1) is 26.4 Å². The molecule has 0 aliphatic heterocycles. The van der Waals surface area contributed by atoms with Crippen LogP contribution in [-0.4, -0.2) is 86.9 Å². The normalized spacial score (nSPS) is 13.8. The van der Waals surface area contributed by atoms with Crippen molar-refractivity contribution in [1.29, 1.82) is 0 Å². The number of carbonyl (C=O) groups excluding carboxylic acids is 4. The van der Waals surface area contributed by atoms with E-state index in [4.69, 9.17) is 37.0 Å². The summed E-state index contributed by atoms with van der Waals surface area (Å²) in [5.74, 6) is -2.27. The largest absolute Gasteiger partial charge is 1.00 e. The Morgan fingerprint density at radius 2 is 0.471 bits per heavy atom. The Bertz CT molecular complexity index is 1960. The number of carbonyl (C=O) groups is 4. The minimum absolute atomic E-state index is 0. The summed E-state index contributed by atoms with van der Waals surface area (Å²) < 4.78 is 67.8. The van der Waals surface area contributed by atoms with Crippen molar-refractivity contribution in [2.75, 3.05) is 39.6 Å². The van der Waals surface area contributed by atoms with Gasteiger partial charge in [0, 0.05) is 25.7 Å². The molecule has 0 aromatic rings. The summed E-state index contributed by atoms with van der Waals surface area (Å²) in [7, 11) is -10.5. The molecule has 0 aliphatic carbocycles. The average Bonchev–Trinajstić information content (AvgIpc) is 0.927. The van der Waals surface area contributed by atoms with Crippen molar-refractivity contribution >= 4 is 39.5 Å². The number of hydrogen-bond donors (Lipinski definition) is 1. The van der Waals surface area contributed by atoms with Crippen LogP contribution in [0.25, 0.3) is 0 Å². The molecule has 586 valence electrons. The number of phosphoric acid groups is 2. The molecule has 21 heteroatoms. The SMILES string of the molecule is CCCCCCCC/C=C\CCCCCCCC(=O)OC[C@H](COP(=O)([O-])OCC(O)COP(=O)([O-])OC[C@@H](COC(=O)CCCCCCC/C=C\CCCCCCCC)OC(=O)CCCCCCC/C=C\CCCCCCCC)OC(=O)CCCCCCC/C=C\CCCCCCCC.[Na+].[Na+]. The van der Waals surface area contributed by atoms with E-state index in [1.807, 2.05) is 0 Å². The second-order valence-electron chi connectivity index (χ2n) is 27.7. The molecule has 102 heavy (non-hydrogen) atoms. The molecule has 0 saturated heterocycles. The van der Waals surface area contributed by atoms with E-state index in [9.17, 15) is 43.2 Å². The van der Waals surface area contributed by atoms with Crippen LogP contribution < -0.4 is 68.9 Å². The number of unbranched alkanes of at least 4 members (excludes halogenated alkanes) is 44. The van der Waals surface area contributed by atoms with Gasteiger partial charge in [-0.2, -0.15) is 0 Å². The van der Waals surface area contributed by atoms with Crippen LogP contribution in [0, 0.1) is 0 Å². The molecule has 0 aromatic carbocycles. The molecule has 0 amide bonds. The maximum Gasteiger partial charge on any atom is 1.00 e. The zero-order chi connectivity index (χ0) is 73.2. The molecule has 0 fully saturated rings. The summed E-state index contributed by atoms with van der Waals surface area (Å²) in [5.41, 5.74) is 0. The molecule has 0 bridgehead atoms. The fourth-order valence-electron chi connectivity index (χ4n) is 11.4. The third-order valence-electron chi connectivity index (χ3n) is 17.7. The van der Waals surface area contributed by atoms with Crippen LogP contribution in [0.15, 0.2) is 48.6 Å². The van der Waals surface area contributed by atoms with Gasteiger partial charge in [0.25, 0.3) is 15.6 Å². The third kappa shape index (κ3) is 80.0. The van der Waals surface area contributed by atoms with Crippen LogP contribution in [0.1, 0.15) is 387 Å². The van der Waals surface area contributed by atoms with Crippen molar-refractivity contribution in [3.05, 3.63) is 48.6 Å². The molecule has 0 heterocycles. The molecule has 1 N–H and O–H groups in total. The maximum atomic E-state index is 13.0. The van der Waals surface area contributed by atoms with Gasteiger partial charge in [-0.05, 0) is 128 Å². The van der Waals surface area contributed by atoms with E-state index in [1.165, 1.54) is 154 Å². The molecule has 0 saturated carbocycles. The first-order valence-corrected chi connectivity index (χ1v) is 43.8. The van der Waals surface area contributed by atoms with Crippen molar-refractivity contribution in [3.8, 4) is 0 Å². The summed E-state index contributed by atoms with van der Waals surface area (Å²) in [5, 5.41) is 10.6. The topological polar surface area (TPSA) is 243 Å². The second kappa shape index (κ2) is 81.0. The number of aliphatic hydroxyl groups is 1. The molecule has 0 spiro atoms. The Labute approximate surface area is 667 Å². The minimum atomic E-state index is -5.24. The van der Waals surface area contributed by atoms with Crippen molar-refractivity contribution in [3.63, 3.8) is 0 Å². The standard InChI is InChI=1S/C81H150O17P2.2Na/c1-5-9-13-17-21-25-29-33-37-41-45-49-53-57-61-65-78(83)91-71-76(97-80(85)67-63-59-55-51-47-43-39-35-31-27-23-19-15-11-7-3)73-95-99(87,88)93-69-75(82)70-94-100(89,90)96-74-77(98-81(86)68-64-60-56-52-48-44-40-36-32-28-24-20-16-12-8-4)72-92-79(84)66-62-58-54-50-46-42-38-34-30-26-22-18-14-10-6-2;;/h33-40,75-77,82H,5-32,41-74H2,1-4H3,(H,87,88)(H,89,90);;/q;2*+1/p-2/b37-33-,38-34-,39-35-,40-36-;;/t76-,77-;;/m1../s1. The van der Waals surface area contributed by atoms with Gasteiger partial charge in [-0.15, -0.1) is 0 Å². The summed E-state index contributed by atoms with van der Waals surface area (Å²) in [6.07, 6.45) is 71.5. The molecular formula is C81H148Na2O17P2. The van der Waals surface area contributed by atoms with Gasteiger partial charge in [0.2, 0.25) is 0 Å². The Morgan fingerprint density at radius 3 is 0.696 bits per heavy atom. The average molecular weight is 1500 g/mol. The number of phosphoric ester groups is 2. The summed E-state index contributed by atoms with van der Waals surface area (Å²) in [4.78, 5) is 77.6. The minimum Gasteiger partial charge on any atom is -0.756 e. The van der Waals surface area contributed by atoms with Gasteiger partial charge in [-0.3, -0.25) is 28.3 Å². The van der Waals surface area contributed by atoms with Crippen LogP contribution >= 0.6 is 15.6 Å². The Balaban J connectivity index is -0.0000490. The molecule has 0 rings (SSSR count). The fourth-order valence-corrected chi connectivity index (χ4v) is 13.0. The van der Waals surface area contributed by atoms with Crippen molar-refractivity contribution < 1.29 is 139 Å². The smallest absolute Gasteiger partial charge is 0.756 e. The molecule has 2 unspecified atom stereocenters. The van der Waals surface area contributed by atoms with E-state index in [1.54, 1.807) is 0 Å². The van der Waals surface area contributed by atoms with E-state index in [2.05, 4.69) is 76.3 Å². The van der Waals surface area contributed by atoms with Crippen LogP contribution in [0.4, 0.5) is 0 Å². The first-order chi connectivity index (χ1) is 48.7. The molecule has 17 nitrogen and oxygen atoms in total. The maximum absolute atomic E-state index is 13.0. The van der Waals surface area contributed by atoms with Crippen LogP contribution in [-0.2, 0) is 65.4 Å². The van der Waals surface area contributed by atoms with Gasteiger partial charge < -0.3 is 51.9 Å². The third-order valence-corrected chi connectivity index (χ3v) is 19.6. The van der Waals surface area contributed by atoms with Gasteiger partial charge in [0.1, 0.15) is 19.3 Å². The van der Waals surface area contributed by atoms with Crippen molar-refractivity contribution in [2.24, 2.45) is 0 Å². The number of rotatable bonds is 78. The Hall–Kier alpha value is -0.980. The van der Waals surface area contributed by atoms with Gasteiger partial charge >= 0.3 is 83.0 Å². The first-order valence-electron chi connectivity index (χ1n) is 40.8.